The molecule has 0 spiro atoms. The number of hydrogen-bond donors (Lipinski definition) is 0. The number of nitrogens with zero attached hydrogens (tertiary/aromatic N) is 3. The minimum Gasteiger partial charge on any atom is -0.252 e. The Hall–Kier alpha value is -1.22. The van der Waals surface area contributed by atoms with Crippen LogP contribution in [0.25, 0.3) is 0 Å². The van der Waals surface area contributed by atoms with Crippen molar-refractivity contribution in [2.24, 2.45) is 5.10 Å². The van der Waals surface area contributed by atoms with Crippen LogP contribution in [0.4, 0.5) is 0 Å². The first-order valence-corrected chi connectivity index (χ1v) is 4.71. The highest BCUT2D eigenvalue weighted by atomic mass is 15.6. The fourth-order valence-electron chi connectivity index (χ4n) is 1.25. The van der Waals surface area contributed by atoms with E-state index in [1.165, 1.54) is 0 Å². The van der Waals surface area contributed by atoms with E-state index >= 15 is 0 Å². The number of aromatic nitrogens is 1. The second-order valence-corrected chi connectivity index (χ2v) is 4.29. The standard InChI is InChI=1S/C11H18N3/c1-9-7-6-8-11(12-9)10(2)13-14(3,4)5/h6-8H,1-5H3/q+1. The van der Waals surface area contributed by atoms with Gasteiger partial charge in [-0.05, 0) is 26.0 Å². The zero-order chi connectivity index (χ0) is 10.8. The number of aryl methyl sites for hydroxylation is 1. The van der Waals surface area contributed by atoms with Crippen LogP contribution >= 0.6 is 0 Å². The average molecular weight is 192 g/mol. The molecule has 0 aliphatic heterocycles. The van der Waals surface area contributed by atoms with Crippen LogP contribution in [-0.4, -0.2) is 36.4 Å². The molecule has 0 fully saturated rings. The van der Waals surface area contributed by atoms with E-state index in [0.29, 0.717) is 4.59 Å². The highest BCUT2D eigenvalue weighted by molar-refractivity contribution is 5.96. The Morgan fingerprint density at radius 2 is 1.93 bits per heavy atom. The Morgan fingerprint density at radius 3 is 2.43 bits per heavy atom. The molecule has 14 heavy (non-hydrogen) atoms. The first-order chi connectivity index (χ1) is 6.38. The van der Waals surface area contributed by atoms with Gasteiger partial charge in [-0.1, -0.05) is 11.2 Å². The zero-order valence-corrected chi connectivity index (χ0v) is 9.57. The monoisotopic (exact) mass is 192 g/mol. The fraction of sp³-hybridized carbons (Fsp3) is 0.455. The Morgan fingerprint density at radius 1 is 1.29 bits per heavy atom. The van der Waals surface area contributed by atoms with Crippen molar-refractivity contribution in [3.8, 4) is 0 Å². The summed E-state index contributed by atoms with van der Waals surface area (Å²) < 4.78 is 0.571. The van der Waals surface area contributed by atoms with Gasteiger partial charge >= 0.3 is 0 Å². The lowest BCUT2D eigenvalue weighted by Crippen LogP contribution is -2.29. The molecule has 1 aromatic heterocycles. The maximum atomic E-state index is 4.51. The second kappa shape index (κ2) is 3.88. The van der Waals surface area contributed by atoms with Crippen LogP contribution in [0.3, 0.4) is 0 Å². The van der Waals surface area contributed by atoms with Gasteiger partial charge in [0.25, 0.3) is 0 Å². The molecular weight excluding hydrogens is 174 g/mol. The summed E-state index contributed by atoms with van der Waals surface area (Å²) >= 11 is 0. The Bertz CT molecular complexity index is 348. The highest BCUT2D eigenvalue weighted by Crippen LogP contribution is 2.02. The van der Waals surface area contributed by atoms with E-state index < -0.39 is 0 Å². The lowest BCUT2D eigenvalue weighted by atomic mass is 10.2. The smallest absolute Gasteiger partial charge is 0.118 e. The molecule has 0 aliphatic carbocycles. The molecule has 0 amide bonds. The van der Waals surface area contributed by atoms with Crippen molar-refractivity contribution >= 4 is 5.71 Å². The molecule has 0 unspecified atom stereocenters. The van der Waals surface area contributed by atoms with Gasteiger partial charge in [-0.2, -0.15) is 0 Å². The van der Waals surface area contributed by atoms with Crippen LogP contribution in [0.15, 0.2) is 23.3 Å². The normalized spacial score (nSPS) is 13.1. The molecule has 0 radical (unpaired) electrons. The van der Waals surface area contributed by atoms with Crippen LogP contribution in [-0.2, 0) is 0 Å². The van der Waals surface area contributed by atoms with Gasteiger partial charge in [-0.25, -0.2) is 4.59 Å². The lowest BCUT2D eigenvalue weighted by molar-refractivity contribution is -0.877. The molecule has 0 saturated carbocycles. The van der Waals surface area contributed by atoms with Crippen LogP contribution in [0.1, 0.15) is 18.3 Å². The summed E-state index contributed by atoms with van der Waals surface area (Å²) in [5.41, 5.74) is 2.96. The second-order valence-electron chi connectivity index (χ2n) is 4.29. The number of hydrogen-bond acceptors (Lipinski definition) is 2. The third-order valence-electron chi connectivity index (χ3n) is 1.71. The Labute approximate surface area is 85.7 Å². The molecule has 0 bridgehead atoms. The topological polar surface area (TPSA) is 25.2 Å². The number of pyridine rings is 1. The summed E-state index contributed by atoms with van der Waals surface area (Å²) in [5.74, 6) is 0. The first kappa shape index (κ1) is 10.9. The Balaban J connectivity index is 3.01. The SMILES string of the molecule is CC(=N[N+](C)(C)C)c1cccc(C)n1. The van der Waals surface area contributed by atoms with Gasteiger partial charge in [0.15, 0.2) is 0 Å². The Kier molecular flexibility index (Phi) is 3.01. The molecule has 0 aliphatic rings. The molecular formula is C11H18N3+. The van der Waals surface area contributed by atoms with E-state index in [4.69, 9.17) is 0 Å². The van der Waals surface area contributed by atoms with Crippen LogP contribution in [0.5, 0.6) is 0 Å². The van der Waals surface area contributed by atoms with Crippen LogP contribution in [0, 0.1) is 6.92 Å². The predicted molar refractivity (Wildman–Crippen MR) is 59.2 cm³/mol. The van der Waals surface area contributed by atoms with Crippen LogP contribution < -0.4 is 0 Å². The van der Waals surface area contributed by atoms with Crippen molar-refractivity contribution in [2.45, 2.75) is 13.8 Å². The first-order valence-electron chi connectivity index (χ1n) is 4.71. The average Bonchev–Trinajstić information content (AvgIpc) is 2.01. The van der Waals surface area contributed by atoms with Gasteiger partial charge in [0.1, 0.15) is 5.71 Å². The summed E-state index contributed by atoms with van der Waals surface area (Å²) in [6, 6.07) is 5.98. The summed E-state index contributed by atoms with van der Waals surface area (Å²) in [4.78, 5) is 4.42. The quantitative estimate of drug-likeness (QED) is 0.398. The third-order valence-corrected chi connectivity index (χ3v) is 1.71. The van der Waals surface area contributed by atoms with Gasteiger partial charge in [-0.3, -0.25) is 4.98 Å². The molecule has 3 nitrogen and oxygen atoms in total. The highest BCUT2D eigenvalue weighted by Gasteiger charge is 2.07. The van der Waals surface area contributed by atoms with E-state index in [1.807, 2.05) is 53.2 Å². The van der Waals surface area contributed by atoms with Crippen molar-refractivity contribution in [3.05, 3.63) is 29.6 Å². The van der Waals surface area contributed by atoms with E-state index in [9.17, 15) is 0 Å². The van der Waals surface area contributed by atoms with E-state index in [1.54, 1.807) is 0 Å². The van der Waals surface area contributed by atoms with Crippen molar-refractivity contribution in [1.29, 1.82) is 0 Å². The van der Waals surface area contributed by atoms with Crippen molar-refractivity contribution < 1.29 is 4.59 Å². The van der Waals surface area contributed by atoms with Gasteiger partial charge < -0.3 is 0 Å². The number of rotatable bonds is 2. The molecule has 1 heterocycles. The lowest BCUT2D eigenvalue weighted by Gasteiger charge is -2.16. The molecule has 0 aromatic carbocycles. The molecule has 0 saturated heterocycles. The van der Waals surface area contributed by atoms with Crippen molar-refractivity contribution in [3.63, 3.8) is 0 Å². The molecule has 76 valence electrons. The van der Waals surface area contributed by atoms with Crippen molar-refractivity contribution in [2.75, 3.05) is 21.1 Å². The maximum Gasteiger partial charge on any atom is 0.118 e. The molecule has 1 rings (SSSR count). The van der Waals surface area contributed by atoms with E-state index in [0.717, 1.165) is 17.1 Å². The predicted octanol–water partition coefficient (Wildman–Crippen LogP) is 1.82. The summed E-state index contributed by atoms with van der Waals surface area (Å²) in [5, 5.41) is 4.51. The largest absolute Gasteiger partial charge is 0.252 e. The van der Waals surface area contributed by atoms with Gasteiger partial charge in [0.05, 0.1) is 26.8 Å². The summed E-state index contributed by atoms with van der Waals surface area (Å²) in [6.07, 6.45) is 0. The summed E-state index contributed by atoms with van der Waals surface area (Å²) in [7, 11) is 6.08. The van der Waals surface area contributed by atoms with Crippen molar-refractivity contribution in [1.82, 2.24) is 4.98 Å². The third kappa shape index (κ3) is 3.26. The fourth-order valence-corrected chi connectivity index (χ4v) is 1.25. The number of quaternary nitrogens is 1. The van der Waals surface area contributed by atoms with E-state index in [2.05, 4.69) is 10.1 Å². The minimum atomic E-state index is 0.571. The van der Waals surface area contributed by atoms with Crippen LogP contribution in [0.2, 0.25) is 0 Å². The molecule has 3 heteroatoms. The summed E-state index contributed by atoms with van der Waals surface area (Å²) in [6.45, 7) is 3.98. The minimum absolute atomic E-state index is 0.571. The molecule has 0 N–H and O–H groups in total. The van der Waals surface area contributed by atoms with Gasteiger partial charge in [0.2, 0.25) is 0 Å². The zero-order valence-electron chi connectivity index (χ0n) is 9.57. The van der Waals surface area contributed by atoms with E-state index in [-0.39, 0.29) is 0 Å². The van der Waals surface area contributed by atoms with Gasteiger partial charge in [-0.15, -0.1) is 0 Å². The molecule has 0 atom stereocenters. The van der Waals surface area contributed by atoms with Gasteiger partial charge in [0, 0.05) is 5.69 Å². The molecule has 1 aromatic rings. The maximum absolute atomic E-state index is 4.51.